The molecule has 1 aliphatic heterocycles. The predicted molar refractivity (Wildman–Crippen MR) is 85.6 cm³/mol. The van der Waals surface area contributed by atoms with Crippen molar-refractivity contribution in [2.24, 2.45) is 5.92 Å². The van der Waals surface area contributed by atoms with Crippen LogP contribution < -0.4 is 0 Å². The van der Waals surface area contributed by atoms with E-state index in [1.807, 2.05) is 20.8 Å². The van der Waals surface area contributed by atoms with E-state index in [1.54, 1.807) is 0 Å². The van der Waals surface area contributed by atoms with Crippen LogP contribution in [0.2, 0.25) is 0 Å². The Morgan fingerprint density at radius 3 is 2.27 bits per heavy atom. The van der Waals surface area contributed by atoms with Crippen molar-refractivity contribution in [1.82, 2.24) is 4.90 Å². The lowest BCUT2D eigenvalue weighted by molar-refractivity contribution is -0.150. The summed E-state index contributed by atoms with van der Waals surface area (Å²) in [6.45, 7) is 7.92. The van der Waals surface area contributed by atoms with Crippen LogP contribution in [0.15, 0.2) is 11.3 Å². The van der Waals surface area contributed by atoms with Crippen LogP contribution in [0.3, 0.4) is 0 Å². The fourth-order valence-electron chi connectivity index (χ4n) is 3.18. The second kappa shape index (κ2) is 8.20. The number of carboxylic acids is 1. The molecule has 0 saturated heterocycles. The number of rotatable bonds is 9. The lowest BCUT2D eigenvalue weighted by atomic mass is 9.92. The van der Waals surface area contributed by atoms with Crippen LogP contribution >= 0.6 is 0 Å². The maximum Gasteiger partial charge on any atom is 0.326 e. The molecule has 0 spiro atoms. The topological polar surface area (TPSA) is 77.8 Å². The van der Waals surface area contributed by atoms with E-state index in [-0.39, 0.29) is 17.7 Å². The zero-order valence-electron chi connectivity index (χ0n) is 14.1. The SMILES string of the molecule is CCCCC(C(=O)O)N1C(=O)C(O)=C(C(C)C)C1CCCC. The summed E-state index contributed by atoms with van der Waals surface area (Å²) in [7, 11) is 0. The highest BCUT2D eigenvalue weighted by Gasteiger charge is 2.45. The first-order valence-corrected chi connectivity index (χ1v) is 8.35. The molecule has 0 aromatic rings. The van der Waals surface area contributed by atoms with E-state index in [0.717, 1.165) is 25.7 Å². The summed E-state index contributed by atoms with van der Waals surface area (Å²) >= 11 is 0. The molecule has 0 aromatic carbocycles. The maximum absolute atomic E-state index is 12.5. The summed E-state index contributed by atoms with van der Waals surface area (Å²) in [5.41, 5.74) is 0.696. The van der Waals surface area contributed by atoms with Crippen LogP contribution in [0.4, 0.5) is 0 Å². The van der Waals surface area contributed by atoms with Gasteiger partial charge in [-0.25, -0.2) is 4.79 Å². The molecule has 5 heteroatoms. The van der Waals surface area contributed by atoms with Crippen LogP contribution in [0.25, 0.3) is 0 Å². The molecule has 5 nitrogen and oxygen atoms in total. The van der Waals surface area contributed by atoms with Crippen molar-refractivity contribution in [3.63, 3.8) is 0 Å². The quantitative estimate of drug-likeness (QED) is 0.683. The van der Waals surface area contributed by atoms with Gasteiger partial charge in [-0.2, -0.15) is 0 Å². The lowest BCUT2D eigenvalue weighted by Crippen LogP contribution is -2.48. The van der Waals surface area contributed by atoms with Crippen molar-refractivity contribution in [1.29, 1.82) is 0 Å². The molecule has 0 aromatic heterocycles. The molecular formula is C17H29NO4. The van der Waals surface area contributed by atoms with Gasteiger partial charge in [0.15, 0.2) is 5.76 Å². The van der Waals surface area contributed by atoms with Gasteiger partial charge in [0.25, 0.3) is 5.91 Å². The average Bonchev–Trinajstić information content (AvgIpc) is 2.69. The summed E-state index contributed by atoms with van der Waals surface area (Å²) in [5.74, 6) is -1.72. The highest BCUT2D eigenvalue weighted by molar-refractivity contribution is 5.98. The Morgan fingerprint density at radius 1 is 1.23 bits per heavy atom. The molecule has 0 fully saturated rings. The number of aliphatic hydroxyl groups is 1. The minimum Gasteiger partial charge on any atom is -0.503 e. The van der Waals surface area contributed by atoms with Crippen LogP contribution in [0, 0.1) is 5.92 Å². The van der Waals surface area contributed by atoms with Gasteiger partial charge in [0.1, 0.15) is 6.04 Å². The second-order valence-corrected chi connectivity index (χ2v) is 6.33. The van der Waals surface area contributed by atoms with Crippen LogP contribution in [0.1, 0.15) is 66.2 Å². The van der Waals surface area contributed by atoms with Gasteiger partial charge in [0.2, 0.25) is 0 Å². The average molecular weight is 311 g/mol. The first-order chi connectivity index (χ1) is 10.4. The Hall–Kier alpha value is -1.52. The Morgan fingerprint density at radius 2 is 1.82 bits per heavy atom. The number of carbonyl (C=O) groups is 2. The zero-order chi connectivity index (χ0) is 16.9. The normalized spacial score (nSPS) is 20.1. The van der Waals surface area contributed by atoms with Crippen LogP contribution in [-0.4, -0.2) is 39.1 Å². The number of carboxylic acid groups (broad SMARTS) is 1. The van der Waals surface area contributed by atoms with Gasteiger partial charge in [0, 0.05) is 5.57 Å². The summed E-state index contributed by atoms with van der Waals surface area (Å²) in [6, 6.07) is -1.14. The minimum absolute atomic E-state index is 0.0245. The number of aliphatic carboxylic acids is 1. The van der Waals surface area contributed by atoms with E-state index in [4.69, 9.17) is 0 Å². The van der Waals surface area contributed by atoms with Crippen molar-refractivity contribution < 1.29 is 19.8 Å². The third-order valence-electron chi connectivity index (χ3n) is 4.31. The van der Waals surface area contributed by atoms with E-state index < -0.39 is 17.9 Å². The molecule has 1 aliphatic rings. The summed E-state index contributed by atoms with van der Waals surface area (Å²) in [6.07, 6.45) is 4.63. The van der Waals surface area contributed by atoms with Gasteiger partial charge in [-0.15, -0.1) is 0 Å². The number of aliphatic hydroxyl groups excluding tert-OH is 1. The highest BCUT2D eigenvalue weighted by Crippen LogP contribution is 2.35. The van der Waals surface area contributed by atoms with E-state index in [9.17, 15) is 19.8 Å². The Bertz CT molecular complexity index is 442. The van der Waals surface area contributed by atoms with Gasteiger partial charge < -0.3 is 15.1 Å². The van der Waals surface area contributed by atoms with Crippen LogP contribution in [-0.2, 0) is 9.59 Å². The minimum atomic E-state index is -0.985. The van der Waals surface area contributed by atoms with E-state index in [1.165, 1.54) is 4.90 Å². The molecule has 0 saturated carbocycles. The molecule has 22 heavy (non-hydrogen) atoms. The molecule has 0 aliphatic carbocycles. The van der Waals surface area contributed by atoms with Crippen molar-refractivity contribution in [2.75, 3.05) is 0 Å². The van der Waals surface area contributed by atoms with Crippen molar-refractivity contribution >= 4 is 11.9 Å². The third kappa shape index (κ3) is 3.81. The Balaban J connectivity index is 3.14. The van der Waals surface area contributed by atoms with Crippen molar-refractivity contribution in [2.45, 2.75) is 78.3 Å². The van der Waals surface area contributed by atoms with Gasteiger partial charge in [-0.05, 0) is 18.8 Å². The molecule has 2 unspecified atom stereocenters. The number of hydrogen-bond donors (Lipinski definition) is 2. The van der Waals surface area contributed by atoms with Crippen molar-refractivity contribution in [3.8, 4) is 0 Å². The third-order valence-corrected chi connectivity index (χ3v) is 4.31. The molecule has 2 N–H and O–H groups in total. The molecule has 0 bridgehead atoms. The van der Waals surface area contributed by atoms with E-state index in [2.05, 4.69) is 6.92 Å². The van der Waals surface area contributed by atoms with Crippen molar-refractivity contribution in [3.05, 3.63) is 11.3 Å². The number of nitrogens with zero attached hydrogens (tertiary/aromatic N) is 1. The first kappa shape index (κ1) is 18.5. The largest absolute Gasteiger partial charge is 0.503 e. The van der Waals surface area contributed by atoms with Gasteiger partial charge in [-0.1, -0.05) is 53.4 Å². The summed E-state index contributed by atoms with van der Waals surface area (Å²) in [4.78, 5) is 25.5. The Labute approximate surface area is 133 Å². The van der Waals surface area contributed by atoms with Crippen LogP contribution in [0.5, 0.6) is 0 Å². The Kier molecular flexibility index (Phi) is 6.91. The lowest BCUT2D eigenvalue weighted by Gasteiger charge is -2.32. The van der Waals surface area contributed by atoms with Gasteiger partial charge >= 0.3 is 5.97 Å². The smallest absolute Gasteiger partial charge is 0.326 e. The molecule has 1 rings (SSSR count). The monoisotopic (exact) mass is 311 g/mol. The predicted octanol–water partition coefficient (Wildman–Crippen LogP) is 3.50. The number of hydrogen-bond acceptors (Lipinski definition) is 3. The zero-order valence-corrected chi connectivity index (χ0v) is 14.1. The molecule has 0 radical (unpaired) electrons. The van der Waals surface area contributed by atoms with E-state index >= 15 is 0 Å². The second-order valence-electron chi connectivity index (χ2n) is 6.33. The molecule has 126 valence electrons. The molecule has 1 heterocycles. The van der Waals surface area contributed by atoms with E-state index in [0.29, 0.717) is 18.4 Å². The number of unbranched alkanes of at least 4 members (excludes halogenated alkanes) is 2. The highest BCUT2D eigenvalue weighted by atomic mass is 16.4. The fourth-order valence-corrected chi connectivity index (χ4v) is 3.18. The molecule has 2 atom stereocenters. The maximum atomic E-state index is 12.5. The molecular weight excluding hydrogens is 282 g/mol. The fraction of sp³-hybridized carbons (Fsp3) is 0.765. The molecule has 1 amide bonds. The number of carbonyl (C=O) groups excluding carboxylic acids is 1. The summed E-state index contributed by atoms with van der Waals surface area (Å²) in [5, 5.41) is 19.8. The van der Waals surface area contributed by atoms with Gasteiger partial charge in [-0.3, -0.25) is 4.79 Å². The first-order valence-electron chi connectivity index (χ1n) is 8.35. The van der Waals surface area contributed by atoms with Gasteiger partial charge in [0.05, 0.1) is 6.04 Å². The number of amides is 1. The standard InChI is InChI=1S/C17H29NO4/c1-5-7-9-12-14(11(3)4)15(19)16(20)18(12)13(17(21)22)10-8-6-2/h11-13,19H,5-10H2,1-4H3,(H,21,22). The summed E-state index contributed by atoms with van der Waals surface area (Å²) < 4.78 is 0.